The summed E-state index contributed by atoms with van der Waals surface area (Å²) in [6.45, 7) is 3.18. The molecule has 11 nitrogen and oxygen atoms in total. The minimum absolute atomic E-state index is 0.0325. The molecular formula is C30H35F2N5O6S. The SMILES string of the molecule is CCOCCn1c(=O)c2c(CN(C)CCOC)c(-c3ccc(NC(=O)NOC)cc3)sc2n(Cc2c(F)cccc2F)c1=O. The maximum absolute atomic E-state index is 14.8. The van der Waals surface area contributed by atoms with Crippen molar-refractivity contribution in [3.63, 3.8) is 0 Å². The maximum Gasteiger partial charge on any atom is 0.343 e. The Morgan fingerprint density at radius 2 is 1.70 bits per heavy atom. The van der Waals surface area contributed by atoms with Crippen molar-refractivity contribution in [3.8, 4) is 10.4 Å². The molecule has 0 saturated heterocycles. The summed E-state index contributed by atoms with van der Waals surface area (Å²) in [5, 5.41) is 2.92. The third kappa shape index (κ3) is 7.39. The van der Waals surface area contributed by atoms with Gasteiger partial charge in [0.2, 0.25) is 0 Å². The van der Waals surface area contributed by atoms with Crippen molar-refractivity contribution in [1.29, 1.82) is 0 Å². The molecule has 14 heteroatoms. The molecule has 0 atom stereocenters. The average molecular weight is 632 g/mol. The number of halogens is 2. The summed E-state index contributed by atoms with van der Waals surface area (Å²) in [7, 11) is 4.80. The number of nitrogens with zero attached hydrogens (tertiary/aromatic N) is 3. The first-order valence-corrected chi connectivity index (χ1v) is 14.7. The summed E-state index contributed by atoms with van der Waals surface area (Å²) >= 11 is 1.19. The van der Waals surface area contributed by atoms with Crippen LogP contribution in [-0.2, 0) is 33.9 Å². The number of anilines is 1. The summed E-state index contributed by atoms with van der Waals surface area (Å²) in [6.07, 6.45) is 0. The fourth-order valence-corrected chi connectivity index (χ4v) is 6.03. The number of thiophene rings is 1. The van der Waals surface area contributed by atoms with E-state index in [1.165, 1.54) is 29.1 Å². The van der Waals surface area contributed by atoms with Crippen LogP contribution in [0.25, 0.3) is 20.7 Å². The molecule has 236 valence electrons. The Morgan fingerprint density at radius 3 is 2.34 bits per heavy atom. The highest BCUT2D eigenvalue weighted by molar-refractivity contribution is 7.22. The number of aromatic nitrogens is 2. The molecule has 0 aliphatic heterocycles. The van der Waals surface area contributed by atoms with E-state index in [9.17, 15) is 23.2 Å². The number of fused-ring (bicyclic) bond motifs is 1. The second kappa shape index (κ2) is 15.2. The first-order valence-electron chi connectivity index (χ1n) is 13.9. The summed E-state index contributed by atoms with van der Waals surface area (Å²) in [6, 6.07) is 9.89. The number of likely N-dealkylation sites (N-methyl/N-ethyl adjacent to an activating group) is 1. The molecule has 0 saturated carbocycles. The maximum atomic E-state index is 14.8. The number of carbonyl (C=O) groups excluding carboxylic acids is 1. The fraction of sp³-hybridized carbons (Fsp3) is 0.367. The fourth-order valence-electron chi connectivity index (χ4n) is 4.73. The van der Waals surface area contributed by atoms with Gasteiger partial charge in [-0.05, 0) is 49.4 Å². The van der Waals surface area contributed by atoms with Crippen molar-refractivity contribution in [2.24, 2.45) is 0 Å². The standard InChI is InChI=1S/C30H35F2N5O6S/c1-5-43-16-14-36-27(38)25-22(17-35(2)13-15-41-3)26(19-9-11-20(12-10-19)33-29(39)34-42-4)44-28(25)37(30(36)40)18-21-23(31)7-6-8-24(21)32/h6-12H,5,13-18H2,1-4H3,(H2,33,34,39). The van der Waals surface area contributed by atoms with Crippen molar-refractivity contribution in [2.45, 2.75) is 26.6 Å². The van der Waals surface area contributed by atoms with Crippen molar-refractivity contribution in [2.75, 3.05) is 52.9 Å². The molecule has 0 bridgehead atoms. The quantitative estimate of drug-likeness (QED) is 0.160. The lowest BCUT2D eigenvalue weighted by atomic mass is 10.1. The number of rotatable bonds is 14. The van der Waals surface area contributed by atoms with E-state index < -0.39 is 35.5 Å². The average Bonchev–Trinajstić information content (AvgIpc) is 3.36. The number of hydrogen-bond donors (Lipinski definition) is 2. The number of benzene rings is 2. The predicted molar refractivity (Wildman–Crippen MR) is 165 cm³/mol. The highest BCUT2D eigenvalue weighted by Crippen LogP contribution is 2.38. The number of hydroxylamine groups is 1. The topological polar surface area (TPSA) is 116 Å². The molecule has 44 heavy (non-hydrogen) atoms. The first-order chi connectivity index (χ1) is 21.2. The van der Waals surface area contributed by atoms with Crippen LogP contribution in [0.5, 0.6) is 0 Å². The van der Waals surface area contributed by atoms with Gasteiger partial charge in [0.1, 0.15) is 16.5 Å². The number of nitrogens with one attached hydrogen (secondary N) is 2. The van der Waals surface area contributed by atoms with Crippen LogP contribution in [-0.4, -0.2) is 67.7 Å². The molecule has 4 rings (SSSR count). The van der Waals surface area contributed by atoms with E-state index in [0.717, 1.165) is 22.3 Å². The van der Waals surface area contributed by atoms with Crippen LogP contribution in [0.2, 0.25) is 0 Å². The Balaban J connectivity index is 1.95. The van der Waals surface area contributed by atoms with Gasteiger partial charge < -0.3 is 14.8 Å². The van der Waals surface area contributed by atoms with Crippen molar-refractivity contribution < 1.29 is 27.9 Å². The Morgan fingerprint density at radius 1 is 1.00 bits per heavy atom. The van der Waals surface area contributed by atoms with Gasteiger partial charge in [-0.25, -0.2) is 23.9 Å². The van der Waals surface area contributed by atoms with Gasteiger partial charge in [-0.2, -0.15) is 0 Å². The number of hydrogen-bond acceptors (Lipinski definition) is 8. The zero-order chi connectivity index (χ0) is 31.8. The normalized spacial score (nSPS) is 11.4. The number of ether oxygens (including phenoxy) is 2. The number of carbonyl (C=O) groups is 1. The van der Waals surface area contributed by atoms with Crippen LogP contribution >= 0.6 is 11.3 Å². The second-order valence-corrected chi connectivity index (χ2v) is 10.9. The van der Waals surface area contributed by atoms with Gasteiger partial charge in [0.25, 0.3) is 5.56 Å². The van der Waals surface area contributed by atoms with E-state index in [1.54, 1.807) is 38.3 Å². The minimum Gasteiger partial charge on any atom is -0.383 e. The van der Waals surface area contributed by atoms with Crippen molar-refractivity contribution in [1.82, 2.24) is 19.5 Å². The molecule has 2 aromatic carbocycles. The highest BCUT2D eigenvalue weighted by atomic mass is 32.1. The van der Waals surface area contributed by atoms with Crippen molar-refractivity contribution in [3.05, 3.63) is 86.1 Å². The van der Waals surface area contributed by atoms with Gasteiger partial charge in [-0.3, -0.25) is 23.7 Å². The van der Waals surface area contributed by atoms with E-state index in [4.69, 9.17) is 9.47 Å². The summed E-state index contributed by atoms with van der Waals surface area (Å²) in [5.74, 6) is -1.59. The molecule has 0 aliphatic rings. The lowest BCUT2D eigenvalue weighted by Gasteiger charge is -2.18. The van der Waals surface area contributed by atoms with Crippen LogP contribution in [0.3, 0.4) is 0 Å². The Hall–Kier alpha value is -3.95. The van der Waals surface area contributed by atoms with E-state index in [0.29, 0.717) is 47.3 Å². The van der Waals surface area contributed by atoms with Crippen LogP contribution in [0, 0.1) is 11.6 Å². The third-order valence-corrected chi connectivity index (χ3v) is 8.20. The smallest absolute Gasteiger partial charge is 0.343 e. The molecule has 0 aliphatic carbocycles. The molecule has 2 N–H and O–H groups in total. The predicted octanol–water partition coefficient (Wildman–Crippen LogP) is 4.02. The number of methoxy groups -OCH3 is 1. The van der Waals surface area contributed by atoms with Crippen LogP contribution in [0.1, 0.15) is 18.1 Å². The van der Waals surface area contributed by atoms with Gasteiger partial charge in [0, 0.05) is 42.9 Å². The third-order valence-electron chi connectivity index (χ3n) is 6.90. The Kier molecular flexibility index (Phi) is 11.4. The summed E-state index contributed by atoms with van der Waals surface area (Å²) in [4.78, 5) is 47.3. The molecule has 0 fully saturated rings. The van der Waals surface area contributed by atoms with Gasteiger partial charge in [-0.1, -0.05) is 18.2 Å². The molecule has 2 amide bonds. The minimum atomic E-state index is -0.797. The van der Waals surface area contributed by atoms with Crippen molar-refractivity contribution >= 4 is 33.3 Å². The van der Waals surface area contributed by atoms with Gasteiger partial charge >= 0.3 is 11.7 Å². The van der Waals surface area contributed by atoms with E-state index in [-0.39, 0.29) is 24.1 Å². The van der Waals surface area contributed by atoms with Gasteiger partial charge in [0.15, 0.2) is 0 Å². The van der Waals surface area contributed by atoms with E-state index >= 15 is 0 Å². The molecule has 2 aromatic heterocycles. The van der Waals surface area contributed by atoms with Gasteiger partial charge in [0.05, 0.1) is 38.8 Å². The molecule has 0 radical (unpaired) electrons. The van der Waals surface area contributed by atoms with E-state index in [1.807, 2.05) is 11.9 Å². The van der Waals surface area contributed by atoms with Crippen LogP contribution < -0.4 is 22.0 Å². The number of amides is 2. The molecule has 0 unspecified atom stereocenters. The lowest BCUT2D eigenvalue weighted by molar-refractivity contribution is 0.114. The molecule has 4 aromatic rings. The molecular weight excluding hydrogens is 596 g/mol. The summed E-state index contributed by atoms with van der Waals surface area (Å²) in [5.41, 5.74) is 2.55. The molecule has 2 heterocycles. The van der Waals surface area contributed by atoms with Crippen LogP contribution in [0.4, 0.5) is 19.3 Å². The van der Waals surface area contributed by atoms with Gasteiger partial charge in [-0.15, -0.1) is 11.3 Å². The van der Waals surface area contributed by atoms with Crippen LogP contribution in [0.15, 0.2) is 52.1 Å². The van der Waals surface area contributed by atoms with E-state index in [2.05, 4.69) is 15.6 Å². The molecule has 0 spiro atoms. The Bertz CT molecular complexity index is 1700. The second-order valence-electron chi connectivity index (χ2n) is 9.88. The largest absolute Gasteiger partial charge is 0.383 e. The first kappa shape index (κ1) is 33.0. The number of urea groups is 1. The monoisotopic (exact) mass is 631 g/mol. The highest BCUT2D eigenvalue weighted by Gasteiger charge is 2.25. The lowest BCUT2D eigenvalue weighted by Crippen LogP contribution is -2.41. The zero-order valence-corrected chi connectivity index (χ0v) is 25.8. The summed E-state index contributed by atoms with van der Waals surface area (Å²) < 4.78 is 42.6. The Labute approximate surface area is 256 Å². The zero-order valence-electron chi connectivity index (χ0n) is 24.9.